The van der Waals surface area contributed by atoms with E-state index < -0.39 is 12.0 Å². The van der Waals surface area contributed by atoms with E-state index >= 15 is 0 Å². The van der Waals surface area contributed by atoms with Gasteiger partial charge in [0, 0.05) is 31.1 Å². The summed E-state index contributed by atoms with van der Waals surface area (Å²) in [6.45, 7) is 2.03. The summed E-state index contributed by atoms with van der Waals surface area (Å²) in [5.74, 6) is 1.05. The van der Waals surface area contributed by atoms with Crippen LogP contribution in [0.15, 0.2) is 12.1 Å². The zero-order valence-corrected chi connectivity index (χ0v) is 14.1. The Bertz CT molecular complexity index is 542. The maximum Gasteiger partial charge on any atom is 0.322 e. The van der Waals surface area contributed by atoms with E-state index in [1.807, 2.05) is 12.1 Å². The Hall–Kier alpha value is -1.95. The van der Waals surface area contributed by atoms with Gasteiger partial charge in [-0.1, -0.05) is 0 Å². The first kappa shape index (κ1) is 17.4. The molecule has 1 heterocycles. The van der Waals surface area contributed by atoms with E-state index in [1.165, 1.54) is 26.4 Å². The van der Waals surface area contributed by atoms with Crippen molar-refractivity contribution in [1.82, 2.24) is 0 Å². The average molecular weight is 322 g/mol. The summed E-state index contributed by atoms with van der Waals surface area (Å²) in [5, 5.41) is 0. The summed E-state index contributed by atoms with van der Waals surface area (Å²) in [6.07, 6.45) is 3.97. The number of hydrogen-bond donors (Lipinski definition) is 1. The zero-order chi connectivity index (χ0) is 16.8. The van der Waals surface area contributed by atoms with Gasteiger partial charge in [-0.25, -0.2) is 0 Å². The molecule has 0 amide bonds. The van der Waals surface area contributed by atoms with Crippen LogP contribution in [0.5, 0.6) is 11.5 Å². The van der Waals surface area contributed by atoms with Gasteiger partial charge in [-0.3, -0.25) is 4.79 Å². The minimum atomic E-state index is -0.723. The fraction of sp³-hybridized carbons (Fsp3) is 0.588. The SMILES string of the molecule is COC(=O)C(N)Cc1cc(OC)c(N2CCCCC2)cc1OC. The van der Waals surface area contributed by atoms with E-state index in [9.17, 15) is 4.79 Å². The van der Waals surface area contributed by atoms with Crippen molar-refractivity contribution >= 4 is 11.7 Å². The van der Waals surface area contributed by atoms with E-state index in [4.69, 9.17) is 15.2 Å². The molecule has 1 fully saturated rings. The number of carbonyl (C=O) groups excluding carboxylic acids is 1. The molecule has 128 valence electrons. The number of benzene rings is 1. The second-order valence-corrected chi connectivity index (χ2v) is 5.72. The van der Waals surface area contributed by atoms with E-state index in [1.54, 1.807) is 14.2 Å². The van der Waals surface area contributed by atoms with Gasteiger partial charge in [0.25, 0.3) is 0 Å². The minimum absolute atomic E-state index is 0.340. The maximum absolute atomic E-state index is 11.6. The van der Waals surface area contributed by atoms with Crippen LogP contribution in [-0.2, 0) is 16.0 Å². The van der Waals surface area contributed by atoms with Crippen molar-refractivity contribution in [2.45, 2.75) is 31.7 Å². The van der Waals surface area contributed by atoms with Crippen molar-refractivity contribution in [2.24, 2.45) is 5.73 Å². The number of hydrogen-bond acceptors (Lipinski definition) is 6. The normalized spacial score (nSPS) is 15.9. The molecule has 2 rings (SSSR count). The molecule has 1 aromatic rings. The molecule has 0 aromatic heterocycles. The van der Waals surface area contributed by atoms with Crippen molar-refractivity contribution in [2.75, 3.05) is 39.3 Å². The summed E-state index contributed by atoms with van der Waals surface area (Å²) >= 11 is 0. The first-order valence-electron chi connectivity index (χ1n) is 7.94. The third kappa shape index (κ3) is 4.07. The molecule has 1 aliphatic heterocycles. The Kier molecular flexibility index (Phi) is 6.10. The zero-order valence-electron chi connectivity index (χ0n) is 14.1. The van der Waals surface area contributed by atoms with Crippen LogP contribution in [0.25, 0.3) is 0 Å². The lowest BCUT2D eigenvalue weighted by Crippen LogP contribution is -2.34. The van der Waals surface area contributed by atoms with Crippen molar-refractivity contribution in [3.8, 4) is 11.5 Å². The molecule has 1 aromatic carbocycles. The highest BCUT2D eigenvalue weighted by atomic mass is 16.5. The monoisotopic (exact) mass is 322 g/mol. The highest BCUT2D eigenvalue weighted by molar-refractivity contribution is 5.76. The highest BCUT2D eigenvalue weighted by Gasteiger charge is 2.21. The summed E-state index contributed by atoms with van der Waals surface area (Å²) in [5.41, 5.74) is 7.74. The fourth-order valence-electron chi connectivity index (χ4n) is 2.96. The van der Waals surface area contributed by atoms with Gasteiger partial charge in [0.1, 0.15) is 17.5 Å². The number of carbonyl (C=O) groups is 1. The van der Waals surface area contributed by atoms with E-state index in [0.29, 0.717) is 12.2 Å². The molecular weight excluding hydrogens is 296 g/mol. The molecule has 1 aliphatic rings. The van der Waals surface area contributed by atoms with Crippen molar-refractivity contribution < 1.29 is 19.0 Å². The van der Waals surface area contributed by atoms with Gasteiger partial charge in [-0.15, -0.1) is 0 Å². The predicted octanol–water partition coefficient (Wildman–Crippen LogP) is 1.74. The number of nitrogens with zero attached hydrogens (tertiary/aromatic N) is 1. The van der Waals surface area contributed by atoms with E-state index in [-0.39, 0.29) is 0 Å². The van der Waals surface area contributed by atoms with Gasteiger partial charge in [-0.2, -0.15) is 0 Å². The van der Waals surface area contributed by atoms with Crippen LogP contribution in [0.2, 0.25) is 0 Å². The van der Waals surface area contributed by atoms with Crippen LogP contribution in [0, 0.1) is 0 Å². The average Bonchev–Trinajstić information content (AvgIpc) is 2.61. The van der Waals surface area contributed by atoms with Crippen LogP contribution in [-0.4, -0.2) is 46.4 Å². The van der Waals surface area contributed by atoms with Gasteiger partial charge < -0.3 is 24.8 Å². The number of methoxy groups -OCH3 is 3. The Morgan fingerprint density at radius 1 is 1.13 bits per heavy atom. The van der Waals surface area contributed by atoms with Crippen LogP contribution in [0.3, 0.4) is 0 Å². The topological polar surface area (TPSA) is 74.0 Å². The van der Waals surface area contributed by atoms with Crippen LogP contribution >= 0.6 is 0 Å². The lowest BCUT2D eigenvalue weighted by atomic mass is 10.0. The maximum atomic E-state index is 11.6. The van der Waals surface area contributed by atoms with Crippen LogP contribution in [0.4, 0.5) is 5.69 Å². The second kappa shape index (κ2) is 8.06. The predicted molar refractivity (Wildman–Crippen MR) is 89.3 cm³/mol. The molecule has 1 atom stereocenters. The fourth-order valence-corrected chi connectivity index (χ4v) is 2.96. The summed E-state index contributed by atoms with van der Waals surface area (Å²) in [6, 6.07) is 3.16. The second-order valence-electron chi connectivity index (χ2n) is 5.72. The quantitative estimate of drug-likeness (QED) is 0.804. The largest absolute Gasteiger partial charge is 0.496 e. The number of nitrogens with two attached hydrogens (primary N) is 1. The van der Waals surface area contributed by atoms with Crippen molar-refractivity contribution in [1.29, 1.82) is 0 Å². The number of esters is 1. The lowest BCUT2D eigenvalue weighted by Gasteiger charge is -2.31. The van der Waals surface area contributed by atoms with Gasteiger partial charge in [0.05, 0.1) is 27.0 Å². The molecule has 0 bridgehead atoms. The Labute approximate surface area is 137 Å². The van der Waals surface area contributed by atoms with Crippen LogP contribution < -0.4 is 20.1 Å². The first-order chi connectivity index (χ1) is 11.1. The number of rotatable bonds is 6. The number of ether oxygens (including phenoxy) is 3. The first-order valence-corrected chi connectivity index (χ1v) is 7.94. The molecule has 1 saturated heterocycles. The highest BCUT2D eigenvalue weighted by Crippen LogP contribution is 2.37. The third-order valence-corrected chi connectivity index (χ3v) is 4.22. The molecular formula is C17H26N2O4. The molecule has 23 heavy (non-hydrogen) atoms. The third-order valence-electron chi connectivity index (χ3n) is 4.22. The smallest absolute Gasteiger partial charge is 0.322 e. The molecule has 6 heteroatoms. The Morgan fingerprint density at radius 2 is 1.78 bits per heavy atom. The van der Waals surface area contributed by atoms with Gasteiger partial charge in [-0.05, 0) is 25.3 Å². The van der Waals surface area contributed by atoms with Crippen LogP contribution in [0.1, 0.15) is 24.8 Å². The molecule has 1 unspecified atom stereocenters. The summed E-state index contributed by atoms with van der Waals surface area (Å²) < 4.78 is 15.7. The van der Waals surface area contributed by atoms with Gasteiger partial charge in [0.15, 0.2) is 0 Å². The van der Waals surface area contributed by atoms with Gasteiger partial charge >= 0.3 is 5.97 Å². The van der Waals surface area contributed by atoms with Crippen molar-refractivity contribution in [3.63, 3.8) is 0 Å². The standard InChI is InChI=1S/C17H26N2O4/c1-21-15-11-14(19-7-5-4-6-8-19)16(22-2)10-12(15)9-13(18)17(20)23-3/h10-11,13H,4-9,18H2,1-3H3. The molecule has 6 nitrogen and oxygen atoms in total. The van der Waals surface area contributed by atoms with Crippen molar-refractivity contribution in [3.05, 3.63) is 17.7 Å². The Morgan fingerprint density at radius 3 is 2.35 bits per heavy atom. The summed E-state index contributed by atoms with van der Waals surface area (Å²) in [4.78, 5) is 13.9. The Balaban J connectivity index is 2.31. The molecule has 0 saturated carbocycles. The summed E-state index contributed by atoms with van der Waals surface area (Å²) in [7, 11) is 4.60. The number of piperidine rings is 1. The number of anilines is 1. The minimum Gasteiger partial charge on any atom is -0.496 e. The van der Waals surface area contributed by atoms with Gasteiger partial charge in [0.2, 0.25) is 0 Å². The lowest BCUT2D eigenvalue weighted by molar-refractivity contribution is -0.142. The van der Waals surface area contributed by atoms with E-state index in [0.717, 1.165) is 30.1 Å². The molecule has 0 aliphatic carbocycles. The molecule has 2 N–H and O–H groups in total. The molecule has 0 radical (unpaired) electrons. The molecule has 0 spiro atoms. The van der Waals surface area contributed by atoms with E-state index in [2.05, 4.69) is 9.64 Å².